The van der Waals surface area contributed by atoms with Gasteiger partial charge in [0.25, 0.3) is 0 Å². The Balaban J connectivity index is 2.50. The van der Waals surface area contributed by atoms with E-state index < -0.39 is 0 Å². The molecule has 1 aliphatic rings. The SMILES string of the molecule is CC[C@H](C)[C@H](N)C(=O)N(CC)CC1CCOC1. The van der Waals surface area contributed by atoms with Gasteiger partial charge < -0.3 is 15.4 Å². The van der Waals surface area contributed by atoms with E-state index in [0.29, 0.717) is 5.92 Å². The maximum absolute atomic E-state index is 12.2. The molecule has 1 fully saturated rings. The summed E-state index contributed by atoms with van der Waals surface area (Å²) < 4.78 is 5.34. The van der Waals surface area contributed by atoms with Gasteiger partial charge in [-0.25, -0.2) is 0 Å². The normalized spacial score (nSPS) is 23.4. The molecule has 0 aromatic rings. The minimum atomic E-state index is -0.359. The van der Waals surface area contributed by atoms with Crippen LogP contribution in [-0.2, 0) is 9.53 Å². The van der Waals surface area contributed by atoms with Crippen molar-refractivity contribution < 1.29 is 9.53 Å². The maximum atomic E-state index is 12.2. The molecule has 1 amide bonds. The number of amides is 1. The molecule has 0 aromatic heterocycles. The van der Waals surface area contributed by atoms with Gasteiger partial charge in [-0.1, -0.05) is 20.3 Å². The Bertz CT molecular complexity index is 240. The van der Waals surface area contributed by atoms with Crippen LogP contribution in [0, 0.1) is 11.8 Å². The third kappa shape index (κ3) is 3.96. The zero-order chi connectivity index (χ0) is 12.8. The highest BCUT2D eigenvalue weighted by Gasteiger charge is 2.27. The molecule has 4 heteroatoms. The van der Waals surface area contributed by atoms with Crippen LogP contribution in [0.4, 0.5) is 0 Å². The van der Waals surface area contributed by atoms with Crippen molar-refractivity contribution in [3.8, 4) is 0 Å². The molecule has 0 aromatic carbocycles. The molecule has 4 nitrogen and oxygen atoms in total. The number of rotatable bonds is 6. The van der Waals surface area contributed by atoms with Crippen LogP contribution in [-0.4, -0.2) is 43.2 Å². The summed E-state index contributed by atoms with van der Waals surface area (Å²) in [6.45, 7) is 9.25. The Morgan fingerprint density at radius 2 is 2.24 bits per heavy atom. The van der Waals surface area contributed by atoms with Crippen molar-refractivity contribution in [2.24, 2.45) is 17.6 Å². The fourth-order valence-corrected chi connectivity index (χ4v) is 2.12. The van der Waals surface area contributed by atoms with E-state index in [9.17, 15) is 4.79 Å². The lowest BCUT2D eigenvalue weighted by Gasteiger charge is -2.28. The first-order valence-corrected chi connectivity index (χ1v) is 6.72. The number of likely N-dealkylation sites (N-methyl/N-ethyl adjacent to an activating group) is 1. The topological polar surface area (TPSA) is 55.6 Å². The van der Waals surface area contributed by atoms with E-state index in [2.05, 4.69) is 6.92 Å². The van der Waals surface area contributed by atoms with Crippen molar-refractivity contribution in [1.29, 1.82) is 0 Å². The number of nitrogens with two attached hydrogens (primary N) is 1. The van der Waals surface area contributed by atoms with Crippen molar-refractivity contribution in [2.45, 2.75) is 39.7 Å². The molecule has 17 heavy (non-hydrogen) atoms. The molecule has 0 bridgehead atoms. The summed E-state index contributed by atoms with van der Waals surface area (Å²) >= 11 is 0. The monoisotopic (exact) mass is 242 g/mol. The minimum Gasteiger partial charge on any atom is -0.381 e. The van der Waals surface area contributed by atoms with Gasteiger partial charge in [0.15, 0.2) is 0 Å². The summed E-state index contributed by atoms with van der Waals surface area (Å²) in [4.78, 5) is 14.1. The number of carbonyl (C=O) groups is 1. The van der Waals surface area contributed by atoms with Gasteiger partial charge >= 0.3 is 0 Å². The average Bonchev–Trinajstić information content (AvgIpc) is 2.85. The fourth-order valence-electron chi connectivity index (χ4n) is 2.12. The van der Waals surface area contributed by atoms with Crippen LogP contribution in [0.25, 0.3) is 0 Å². The van der Waals surface area contributed by atoms with Crippen LogP contribution < -0.4 is 5.73 Å². The summed E-state index contributed by atoms with van der Waals surface area (Å²) in [6, 6.07) is -0.359. The molecular formula is C13H26N2O2. The number of ether oxygens (including phenoxy) is 1. The zero-order valence-electron chi connectivity index (χ0n) is 11.3. The quantitative estimate of drug-likeness (QED) is 0.762. The maximum Gasteiger partial charge on any atom is 0.239 e. The van der Waals surface area contributed by atoms with Crippen LogP contribution in [0.5, 0.6) is 0 Å². The first kappa shape index (κ1) is 14.5. The highest BCUT2D eigenvalue weighted by atomic mass is 16.5. The molecule has 0 spiro atoms. The van der Waals surface area contributed by atoms with Crippen LogP contribution >= 0.6 is 0 Å². The van der Waals surface area contributed by atoms with Crippen molar-refractivity contribution in [3.05, 3.63) is 0 Å². The predicted molar refractivity (Wildman–Crippen MR) is 68.6 cm³/mol. The summed E-state index contributed by atoms with van der Waals surface area (Å²) in [5, 5.41) is 0. The van der Waals surface area contributed by atoms with Gasteiger partial charge in [0.1, 0.15) is 0 Å². The highest BCUT2D eigenvalue weighted by Crippen LogP contribution is 2.16. The van der Waals surface area contributed by atoms with E-state index in [1.165, 1.54) is 0 Å². The summed E-state index contributed by atoms with van der Waals surface area (Å²) in [5.74, 6) is 0.827. The fraction of sp³-hybridized carbons (Fsp3) is 0.923. The van der Waals surface area contributed by atoms with Crippen LogP contribution in [0.3, 0.4) is 0 Å². The minimum absolute atomic E-state index is 0.0914. The molecule has 1 rings (SSSR count). The lowest BCUT2D eigenvalue weighted by Crippen LogP contribution is -2.48. The third-order valence-corrected chi connectivity index (χ3v) is 3.74. The lowest BCUT2D eigenvalue weighted by atomic mass is 9.98. The first-order valence-electron chi connectivity index (χ1n) is 6.72. The van der Waals surface area contributed by atoms with Gasteiger partial charge in [-0.05, 0) is 19.3 Å². The van der Waals surface area contributed by atoms with Crippen LogP contribution in [0.1, 0.15) is 33.6 Å². The second kappa shape index (κ2) is 6.97. The van der Waals surface area contributed by atoms with E-state index in [0.717, 1.165) is 39.1 Å². The van der Waals surface area contributed by atoms with Crippen LogP contribution in [0.15, 0.2) is 0 Å². The van der Waals surface area contributed by atoms with E-state index in [1.807, 2.05) is 18.7 Å². The molecule has 0 radical (unpaired) electrons. The summed E-state index contributed by atoms with van der Waals surface area (Å²) in [7, 11) is 0. The Morgan fingerprint density at radius 3 is 2.71 bits per heavy atom. The van der Waals surface area contributed by atoms with Crippen LogP contribution in [0.2, 0.25) is 0 Å². The number of hydrogen-bond donors (Lipinski definition) is 1. The van der Waals surface area contributed by atoms with Crippen molar-refractivity contribution in [1.82, 2.24) is 4.90 Å². The lowest BCUT2D eigenvalue weighted by molar-refractivity contribution is -0.134. The first-order chi connectivity index (χ1) is 8.10. The third-order valence-electron chi connectivity index (χ3n) is 3.74. The summed E-state index contributed by atoms with van der Waals surface area (Å²) in [6.07, 6.45) is 2.00. The summed E-state index contributed by atoms with van der Waals surface area (Å²) in [5.41, 5.74) is 6.00. The Labute approximate surface area is 104 Å². The molecule has 2 N–H and O–H groups in total. The second-order valence-electron chi connectivity index (χ2n) is 5.02. The smallest absolute Gasteiger partial charge is 0.239 e. The molecule has 0 saturated carbocycles. The standard InChI is InChI=1S/C13H26N2O2/c1-4-10(3)12(14)13(16)15(5-2)8-11-6-7-17-9-11/h10-12H,4-9,14H2,1-3H3/t10-,11?,12-/m0/s1. The molecule has 3 atom stereocenters. The Hall–Kier alpha value is -0.610. The number of hydrogen-bond acceptors (Lipinski definition) is 3. The largest absolute Gasteiger partial charge is 0.381 e. The van der Waals surface area contributed by atoms with Crippen molar-refractivity contribution in [2.75, 3.05) is 26.3 Å². The molecule has 1 saturated heterocycles. The molecule has 0 aliphatic carbocycles. The number of nitrogens with zero attached hydrogens (tertiary/aromatic N) is 1. The molecule has 1 heterocycles. The van der Waals surface area contributed by atoms with Gasteiger partial charge in [0.05, 0.1) is 12.6 Å². The molecule has 1 unspecified atom stereocenters. The Kier molecular flexibility index (Phi) is 5.92. The molecule has 100 valence electrons. The van der Waals surface area contributed by atoms with E-state index >= 15 is 0 Å². The molecule has 1 aliphatic heterocycles. The van der Waals surface area contributed by atoms with Gasteiger partial charge in [0, 0.05) is 25.6 Å². The highest BCUT2D eigenvalue weighted by molar-refractivity contribution is 5.81. The predicted octanol–water partition coefficient (Wildman–Crippen LogP) is 1.24. The number of carbonyl (C=O) groups excluding carboxylic acids is 1. The van der Waals surface area contributed by atoms with Crippen molar-refractivity contribution >= 4 is 5.91 Å². The Morgan fingerprint density at radius 1 is 1.53 bits per heavy atom. The van der Waals surface area contributed by atoms with Gasteiger partial charge in [-0.3, -0.25) is 4.79 Å². The van der Waals surface area contributed by atoms with E-state index in [4.69, 9.17) is 10.5 Å². The van der Waals surface area contributed by atoms with Gasteiger partial charge in [-0.15, -0.1) is 0 Å². The second-order valence-corrected chi connectivity index (χ2v) is 5.02. The zero-order valence-corrected chi connectivity index (χ0v) is 11.3. The average molecular weight is 242 g/mol. The molecular weight excluding hydrogens is 216 g/mol. The van der Waals surface area contributed by atoms with Gasteiger partial charge in [0.2, 0.25) is 5.91 Å². The van der Waals surface area contributed by atoms with E-state index in [-0.39, 0.29) is 17.9 Å². The van der Waals surface area contributed by atoms with E-state index in [1.54, 1.807) is 0 Å². The van der Waals surface area contributed by atoms with Crippen molar-refractivity contribution in [3.63, 3.8) is 0 Å². The van der Waals surface area contributed by atoms with Gasteiger partial charge in [-0.2, -0.15) is 0 Å².